The second-order valence-corrected chi connectivity index (χ2v) is 4.02. The summed E-state index contributed by atoms with van der Waals surface area (Å²) in [5.41, 5.74) is 0.818. The van der Waals surface area contributed by atoms with Gasteiger partial charge in [0.05, 0.1) is 11.5 Å². The van der Waals surface area contributed by atoms with Crippen LogP contribution in [0.4, 0.5) is 5.69 Å². The van der Waals surface area contributed by atoms with Crippen molar-refractivity contribution in [2.24, 2.45) is 0 Å². The second-order valence-electron chi connectivity index (χ2n) is 3.75. The normalized spacial score (nSPS) is 10.2. The Morgan fingerprint density at radius 3 is 2.76 bits per heavy atom. The first-order valence-electron chi connectivity index (χ1n) is 5.65. The number of benzene rings is 1. The quantitative estimate of drug-likeness (QED) is 0.322. The molecule has 17 heavy (non-hydrogen) atoms. The standard InChI is InChI=1S/C12H16ClNO3/c1-2-3-4-7-17-12-8-10(9-13)5-6-11(12)14(15)16/h5-6,8H,2-4,7,9H2,1H3. The Hall–Kier alpha value is -1.29. The zero-order chi connectivity index (χ0) is 12.7. The smallest absolute Gasteiger partial charge is 0.310 e. The Balaban J connectivity index is 2.75. The number of alkyl halides is 1. The highest BCUT2D eigenvalue weighted by Crippen LogP contribution is 2.28. The van der Waals surface area contributed by atoms with Gasteiger partial charge in [0, 0.05) is 11.9 Å². The Morgan fingerprint density at radius 1 is 1.41 bits per heavy atom. The van der Waals surface area contributed by atoms with Crippen LogP contribution >= 0.6 is 11.6 Å². The number of ether oxygens (including phenoxy) is 1. The molecule has 4 nitrogen and oxygen atoms in total. The molecule has 0 saturated carbocycles. The van der Waals surface area contributed by atoms with Gasteiger partial charge in [-0.1, -0.05) is 25.8 Å². The molecule has 0 atom stereocenters. The van der Waals surface area contributed by atoms with Crippen LogP contribution in [0.25, 0.3) is 0 Å². The largest absolute Gasteiger partial charge is 0.487 e. The van der Waals surface area contributed by atoms with E-state index in [9.17, 15) is 10.1 Å². The molecule has 0 N–H and O–H groups in total. The minimum absolute atomic E-state index is 0.00429. The summed E-state index contributed by atoms with van der Waals surface area (Å²) in [7, 11) is 0. The summed E-state index contributed by atoms with van der Waals surface area (Å²) in [4.78, 5) is 10.4. The van der Waals surface area contributed by atoms with Crippen LogP contribution < -0.4 is 4.74 Å². The van der Waals surface area contributed by atoms with E-state index >= 15 is 0 Å². The van der Waals surface area contributed by atoms with Gasteiger partial charge in [0.2, 0.25) is 0 Å². The lowest BCUT2D eigenvalue weighted by molar-refractivity contribution is -0.385. The van der Waals surface area contributed by atoms with Crippen LogP contribution in [0, 0.1) is 10.1 Å². The number of hydrogen-bond donors (Lipinski definition) is 0. The van der Waals surface area contributed by atoms with Gasteiger partial charge in [0.15, 0.2) is 5.75 Å². The second kappa shape index (κ2) is 7.12. The monoisotopic (exact) mass is 257 g/mol. The van der Waals surface area contributed by atoms with E-state index in [1.807, 2.05) is 0 Å². The van der Waals surface area contributed by atoms with E-state index < -0.39 is 4.92 Å². The average molecular weight is 258 g/mol. The van der Waals surface area contributed by atoms with Crippen LogP contribution in [0.3, 0.4) is 0 Å². The molecule has 0 aromatic heterocycles. The molecule has 0 aliphatic heterocycles. The van der Waals surface area contributed by atoms with Crippen LogP contribution in [0.2, 0.25) is 0 Å². The number of nitrogens with zero attached hydrogens (tertiary/aromatic N) is 1. The molecule has 0 saturated heterocycles. The van der Waals surface area contributed by atoms with Crippen LogP contribution in [0.5, 0.6) is 5.75 Å². The summed E-state index contributed by atoms with van der Waals surface area (Å²) in [5.74, 6) is 0.632. The van der Waals surface area contributed by atoms with Crippen LogP contribution in [-0.2, 0) is 5.88 Å². The third-order valence-corrected chi connectivity index (χ3v) is 2.69. The number of nitro benzene ring substituents is 1. The van der Waals surface area contributed by atoms with Gasteiger partial charge in [-0.05, 0) is 18.1 Å². The lowest BCUT2D eigenvalue weighted by atomic mass is 10.2. The Morgan fingerprint density at radius 2 is 2.18 bits per heavy atom. The molecule has 0 fully saturated rings. The first-order valence-corrected chi connectivity index (χ1v) is 6.18. The number of halogens is 1. The SMILES string of the molecule is CCCCCOc1cc(CCl)ccc1[N+](=O)[O-]. The Labute approximate surface area is 106 Å². The maximum Gasteiger partial charge on any atom is 0.310 e. The summed E-state index contributed by atoms with van der Waals surface area (Å²) < 4.78 is 5.44. The predicted molar refractivity (Wildman–Crippen MR) is 67.7 cm³/mol. The van der Waals surface area contributed by atoms with Crippen molar-refractivity contribution in [1.29, 1.82) is 0 Å². The highest BCUT2D eigenvalue weighted by Gasteiger charge is 2.15. The van der Waals surface area contributed by atoms with Gasteiger partial charge < -0.3 is 4.74 Å². The summed E-state index contributed by atoms with van der Waals surface area (Å²) in [6.45, 7) is 2.59. The van der Waals surface area contributed by atoms with Gasteiger partial charge in [0.25, 0.3) is 0 Å². The highest BCUT2D eigenvalue weighted by atomic mass is 35.5. The van der Waals surface area contributed by atoms with Crippen molar-refractivity contribution in [2.45, 2.75) is 32.1 Å². The van der Waals surface area contributed by atoms with Crippen molar-refractivity contribution in [2.75, 3.05) is 6.61 Å². The van der Waals surface area contributed by atoms with Crippen LogP contribution in [0.15, 0.2) is 18.2 Å². The fraction of sp³-hybridized carbons (Fsp3) is 0.500. The summed E-state index contributed by atoms with van der Waals surface area (Å²) in [6, 6.07) is 4.72. The maximum absolute atomic E-state index is 10.8. The highest BCUT2D eigenvalue weighted by molar-refractivity contribution is 6.17. The van der Waals surface area contributed by atoms with E-state index in [2.05, 4.69) is 6.92 Å². The van der Waals surface area contributed by atoms with Crippen LogP contribution in [0.1, 0.15) is 31.7 Å². The average Bonchev–Trinajstić information content (AvgIpc) is 2.34. The van der Waals surface area contributed by atoms with Crippen molar-refractivity contribution in [1.82, 2.24) is 0 Å². The van der Waals surface area contributed by atoms with Crippen molar-refractivity contribution >= 4 is 17.3 Å². The molecule has 0 aliphatic rings. The van der Waals surface area contributed by atoms with Gasteiger partial charge in [-0.2, -0.15) is 0 Å². The first kappa shape index (κ1) is 13.8. The third kappa shape index (κ3) is 4.23. The molecule has 94 valence electrons. The molecular formula is C12H16ClNO3. The molecule has 0 unspecified atom stereocenters. The molecule has 1 rings (SSSR count). The van der Waals surface area contributed by atoms with E-state index in [1.54, 1.807) is 12.1 Å². The molecule has 0 heterocycles. The van der Waals surface area contributed by atoms with E-state index in [4.69, 9.17) is 16.3 Å². The number of rotatable bonds is 7. The predicted octanol–water partition coefficient (Wildman–Crippen LogP) is 3.90. The van der Waals surface area contributed by atoms with E-state index in [-0.39, 0.29) is 5.69 Å². The fourth-order valence-corrected chi connectivity index (χ4v) is 1.61. The summed E-state index contributed by atoms with van der Waals surface area (Å²) in [6.07, 6.45) is 3.05. The van der Waals surface area contributed by atoms with E-state index in [0.29, 0.717) is 18.2 Å². The molecular weight excluding hydrogens is 242 g/mol. The van der Waals surface area contributed by atoms with Gasteiger partial charge in [-0.3, -0.25) is 10.1 Å². The number of nitro groups is 1. The summed E-state index contributed by atoms with van der Waals surface area (Å²) >= 11 is 5.69. The molecule has 0 amide bonds. The fourth-order valence-electron chi connectivity index (χ4n) is 1.44. The third-order valence-electron chi connectivity index (χ3n) is 2.38. The van der Waals surface area contributed by atoms with Gasteiger partial charge >= 0.3 is 5.69 Å². The molecule has 0 aliphatic carbocycles. The molecule has 5 heteroatoms. The van der Waals surface area contributed by atoms with E-state index in [0.717, 1.165) is 24.8 Å². The molecule has 1 aromatic rings. The minimum Gasteiger partial charge on any atom is -0.487 e. The lowest BCUT2D eigenvalue weighted by Crippen LogP contribution is -2.01. The molecule has 0 bridgehead atoms. The molecule has 0 spiro atoms. The Kier molecular flexibility index (Phi) is 5.77. The topological polar surface area (TPSA) is 52.4 Å². The Bertz CT molecular complexity index is 382. The number of unbranched alkanes of at least 4 members (excludes halogenated alkanes) is 2. The van der Waals surface area contributed by atoms with Gasteiger partial charge in [0.1, 0.15) is 0 Å². The van der Waals surface area contributed by atoms with Crippen molar-refractivity contribution in [3.63, 3.8) is 0 Å². The molecule has 1 aromatic carbocycles. The zero-order valence-electron chi connectivity index (χ0n) is 9.82. The first-order chi connectivity index (χ1) is 8.19. The van der Waals surface area contributed by atoms with Gasteiger partial charge in [-0.15, -0.1) is 11.6 Å². The minimum atomic E-state index is -0.437. The van der Waals surface area contributed by atoms with E-state index in [1.165, 1.54) is 6.07 Å². The number of hydrogen-bond acceptors (Lipinski definition) is 3. The zero-order valence-corrected chi connectivity index (χ0v) is 10.6. The lowest BCUT2D eigenvalue weighted by Gasteiger charge is -2.07. The van der Waals surface area contributed by atoms with Crippen molar-refractivity contribution in [3.05, 3.63) is 33.9 Å². The maximum atomic E-state index is 10.8. The van der Waals surface area contributed by atoms with Crippen molar-refractivity contribution < 1.29 is 9.66 Å². The van der Waals surface area contributed by atoms with Gasteiger partial charge in [-0.25, -0.2) is 0 Å². The van der Waals surface area contributed by atoms with Crippen LogP contribution in [-0.4, -0.2) is 11.5 Å². The van der Waals surface area contributed by atoms with Crippen molar-refractivity contribution in [3.8, 4) is 5.75 Å². The summed E-state index contributed by atoms with van der Waals surface area (Å²) in [5, 5.41) is 10.8. The molecule has 0 radical (unpaired) electrons.